The lowest BCUT2D eigenvalue weighted by Crippen LogP contribution is -2.41. The average molecular weight is 335 g/mol. The third kappa shape index (κ3) is 2.80. The number of fused-ring (bicyclic) bond motifs is 1. The van der Waals surface area contributed by atoms with Crippen LogP contribution in [0.4, 0.5) is 14.5 Å². The molecule has 0 spiro atoms. The first kappa shape index (κ1) is 15.5. The quantitative estimate of drug-likeness (QED) is 0.668. The van der Waals surface area contributed by atoms with Gasteiger partial charge in [0.2, 0.25) is 5.91 Å². The van der Waals surface area contributed by atoms with E-state index in [9.17, 15) is 13.6 Å². The van der Waals surface area contributed by atoms with Gasteiger partial charge in [0.1, 0.15) is 11.6 Å². The molecule has 3 aromatic rings. The van der Waals surface area contributed by atoms with Gasteiger partial charge in [-0.05, 0) is 53.1 Å². The first-order valence-corrected chi connectivity index (χ1v) is 8.04. The summed E-state index contributed by atoms with van der Waals surface area (Å²) in [4.78, 5) is 14.5. The van der Waals surface area contributed by atoms with E-state index in [1.54, 1.807) is 29.2 Å². The van der Waals surface area contributed by atoms with Crippen molar-refractivity contribution in [1.29, 1.82) is 0 Å². The third-order valence-electron chi connectivity index (χ3n) is 4.51. The van der Waals surface area contributed by atoms with Gasteiger partial charge in [0.05, 0.1) is 12.5 Å². The van der Waals surface area contributed by atoms with Gasteiger partial charge in [0, 0.05) is 5.69 Å². The molecule has 4 rings (SSSR count). The number of nitrogens with zero attached hydrogens (tertiary/aromatic N) is 1. The molecule has 1 heterocycles. The predicted octanol–water partition coefficient (Wildman–Crippen LogP) is 4.64. The molecule has 0 N–H and O–H groups in total. The van der Waals surface area contributed by atoms with Crippen molar-refractivity contribution in [3.8, 4) is 0 Å². The summed E-state index contributed by atoms with van der Waals surface area (Å²) in [5.74, 6) is -0.751. The summed E-state index contributed by atoms with van der Waals surface area (Å²) in [6.07, 6.45) is 0.283. The minimum atomic E-state index is -0.372. The number of benzene rings is 3. The second-order valence-electron chi connectivity index (χ2n) is 6.07. The fourth-order valence-electron chi connectivity index (χ4n) is 3.36. The van der Waals surface area contributed by atoms with Crippen molar-refractivity contribution in [2.75, 3.05) is 4.90 Å². The molecule has 0 aromatic heterocycles. The van der Waals surface area contributed by atoms with Crippen molar-refractivity contribution in [1.82, 2.24) is 0 Å². The van der Waals surface area contributed by atoms with Gasteiger partial charge in [-0.15, -0.1) is 0 Å². The molecule has 0 saturated heterocycles. The second-order valence-corrected chi connectivity index (χ2v) is 6.07. The van der Waals surface area contributed by atoms with Crippen molar-refractivity contribution in [2.45, 2.75) is 12.5 Å². The largest absolute Gasteiger partial charge is 0.300 e. The maximum absolute atomic E-state index is 13.4. The summed E-state index contributed by atoms with van der Waals surface area (Å²) in [5.41, 5.74) is 3.39. The molecule has 0 saturated carbocycles. The van der Waals surface area contributed by atoms with Crippen molar-refractivity contribution in [3.05, 3.63) is 101 Å². The van der Waals surface area contributed by atoms with Crippen LogP contribution in [0.15, 0.2) is 72.8 Å². The molecule has 0 bridgehead atoms. The fourth-order valence-corrected chi connectivity index (χ4v) is 3.36. The minimum Gasteiger partial charge on any atom is -0.300 e. The smallest absolute Gasteiger partial charge is 0.232 e. The average Bonchev–Trinajstić information content (AvgIpc) is 2.62. The molecule has 124 valence electrons. The fraction of sp³-hybridized carbons (Fsp3) is 0.0952. The van der Waals surface area contributed by atoms with Gasteiger partial charge in [0.15, 0.2) is 0 Å². The van der Waals surface area contributed by atoms with Crippen LogP contribution >= 0.6 is 0 Å². The second kappa shape index (κ2) is 6.13. The van der Waals surface area contributed by atoms with E-state index in [1.807, 2.05) is 24.3 Å². The van der Waals surface area contributed by atoms with Crippen LogP contribution in [0.3, 0.4) is 0 Å². The molecule has 0 fully saturated rings. The molecule has 4 heteroatoms. The van der Waals surface area contributed by atoms with Gasteiger partial charge in [-0.2, -0.15) is 0 Å². The molecule has 0 aliphatic carbocycles. The van der Waals surface area contributed by atoms with E-state index in [4.69, 9.17) is 0 Å². The van der Waals surface area contributed by atoms with Gasteiger partial charge in [-0.3, -0.25) is 4.79 Å². The lowest BCUT2D eigenvalue weighted by molar-refractivity contribution is -0.118. The summed E-state index contributed by atoms with van der Waals surface area (Å²) in [5, 5.41) is 0. The van der Waals surface area contributed by atoms with Crippen LogP contribution in [-0.2, 0) is 11.2 Å². The number of amides is 1. The minimum absolute atomic E-state index is 0.0698. The molecular weight excluding hydrogens is 320 g/mol. The molecule has 1 aliphatic rings. The Morgan fingerprint density at radius 3 is 2.08 bits per heavy atom. The summed E-state index contributed by atoms with van der Waals surface area (Å²) in [6, 6.07) is 19.4. The number of carbonyl (C=O) groups excluding carboxylic acids is 1. The zero-order chi connectivity index (χ0) is 17.4. The number of anilines is 1. The van der Waals surface area contributed by atoms with E-state index in [2.05, 4.69) is 0 Å². The maximum atomic E-state index is 13.4. The van der Waals surface area contributed by atoms with Gasteiger partial charge < -0.3 is 4.90 Å². The van der Waals surface area contributed by atoms with Crippen LogP contribution in [0.25, 0.3) is 0 Å². The zero-order valence-corrected chi connectivity index (χ0v) is 13.3. The molecule has 1 aliphatic heterocycles. The number of hydrogen-bond donors (Lipinski definition) is 0. The molecule has 1 amide bonds. The van der Waals surface area contributed by atoms with Gasteiger partial charge in [-0.1, -0.05) is 36.4 Å². The Labute approximate surface area is 144 Å². The molecule has 3 aromatic carbocycles. The van der Waals surface area contributed by atoms with E-state index < -0.39 is 0 Å². The summed E-state index contributed by atoms with van der Waals surface area (Å²) in [7, 11) is 0. The summed E-state index contributed by atoms with van der Waals surface area (Å²) >= 11 is 0. The molecule has 0 radical (unpaired) electrons. The molecule has 25 heavy (non-hydrogen) atoms. The summed E-state index contributed by atoms with van der Waals surface area (Å²) < 4.78 is 26.7. The number of carbonyl (C=O) groups is 1. The number of hydrogen-bond acceptors (Lipinski definition) is 1. The Morgan fingerprint density at radius 1 is 0.800 bits per heavy atom. The van der Waals surface area contributed by atoms with Crippen LogP contribution in [0.2, 0.25) is 0 Å². The van der Waals surface area contributed by atoms with Gasteiger partial charge >= 0.3 is 0 Å². The number of halogens is 2. The Balaban J connectivity index is 1.90. The Morgan fingerprint density at radius 2 is 1.40 bits per heavy atom. The molecule has 2 nitrogen and oxygen atoms in total. The molecule has 1 atom stereocenters. The van der Waals surface area contributed by atoms with Crippen LogP contribution in [0.1, 0.15) is 22.7 Å². The molecule has 1 unspecified atom stereocenters. The SMILES string of the molecule is O=C1Cc2ccccc2C(c2ccc(F)cc2)N1c1ccc(F)cc1. The Bertz CT molecular complexity index is 919. The van der Waals surface area contributed by atoms with E-state index in [1.165, 1.54) is 24.3 Å². The Kier molecular flexibility index (Phi) is 3.80. The highest BCUT2D eigenvalue weighted by atomic mass is 19.1. The van der Waals surface area contributed by atoms with Crippen molar-refractivity contribution < 1.29 is 13.6 Å². The van der Waals surface area contributed by atoms with E-state index in [0.29, 0.717) is 5.69 Å². The highest BCUT2D eigenvalue weighted by Gasteiger charge is 2.34. The molecular formula is C21H15F2NO. The lowest BCUT2D eigenvalue weighted by Gasteiger charge is -2.37. The van der Waals surface area contributed by atoms with Crippen LogP contribution in [0.5, 0.6) is 0 Å². The maximum Gasteiger partial charge on any atom is 0.232 e. The van der Waals surface area contributed by atoms with Crippen LogP contribution in [0, 0.1) is 11.6 Å². The van der Waals surface area contributed by atoms with Crippen molar-refractivity contribution in [3.63, 3.8) is 0 Å². The lowest BCUT2D eigenvalue weighted by atomic mass is 9.87. The van der Waals surface area contributed by atoms with Gasteiger partial charge in [-0.25, -0.2) is 8.78 Å². The highest BCUT2D eigenvalue weighted by molar-refractivity contribution is 5.98. The van der Waals surface area contributed by atoms with Crippen molar-refractivity contribution >= 4 is 11.6 Å². The predicted molar refractivity (Wildman–Crippen MR) is 92.3 cm³/mol. The van der Waals surface area contributed by atoms with E-state index in [0.717, 1.165) is 16.7 Å². The van der Waals surface area contributed by atoms with Crippen LogP contribution in [-0.4, -0.2) is 5.91 Å². The first-order chi connectivity index (χ1) is 12.1. The topological polar surface area (TPSA) is 20.3 Å². The van der Waals surface area contributed by atoms with E-state index in [-0.39, 0.29) is 30.0 Å². The number of rotatable bonds is 2. The van der Waals surface area contributed by atoms with E-state index >= 15 is 0 Å². The van der Waals surface area contributed by atoms with Gasteiger partial charge in [0.25, 0.3) is 0 Å². The third-order valence-corrected chi connectivity index (χ3v) is 4.51. The monoisotopic (exact) mass is 335 g/mol. The zero-order valence-electron chi connectivity index (χ0n) is 13.3. The van der Waals surface area contributed by atoms with Crippen LogP contribution < -0.4 is 4.90 Å². The first-order valence-electron chi connectivity index (χ1n) is 8.04. The van der Waals surface area contributed by atoms with Crippen molar-refractivity contribution in [2.24, 2.45) is 0 Å². The highest BCUT2D eigenvalue weighted by Crippen LogP contribution is 2.38. The summed E-state index contributed by atoms with van der Waals surface area (Å²) in [6.45, 7) is 0. The normalized spacial score (nSPS) is 16.6. The standard InChI is InChI=1S/C21H15F2NO/c22-16-7-5-14(6-8-16)21-19-4-2-1-3-15(19)13-20(25)24(21)18-11-9-17(23)10-12-18/h1-12,21H,13H2. The Hall–Kier alpha value is -3.01.